The van der Waals surface area contributed by atoms with Crippen LogP contribution in [0.1, 0.15) is 81.0 Å². The van der Waals surface area contributed by atoms with E-state index in [1.165, 1.54) is 15.8 Å². The van der Waals surface area contributed by atoms with Crippen molar-refractivity contribution in [1.29, 1.82) is 0 Å². The maximum Gasteiger partial charge on any atom is 0.266 e. The second-order valence-electron chi connectivity index (χ2n) is 10.1. The van der Waals surface area contributed by atoms with Crippen LogP contribution in [-0.4, -0.2) is 37.5 Å². The average molecular weight is 408 g/mol. The highest BCUT2D eigenvalue weighted by atomic mass is 16.3. The van der Waals surface area contributed by atoms with Crippen molar-refractivity contribution in [2.45, 2.75) is 95.0 Å². The maximum absolute atomic E-state index is 12.4. The fourth-order valence-electron chi connectivity index (χ4n) is 5.47. The van der Waals surface area contributed by atoms with E-state index in [4.69, 9.17) is 0 Å². The smallest absolute Gasteiger partial charge is 0.266 e. The highest BCUT2D eigenvalue weighted by Crippen LogP contribution is 2.42. The Kier molecular flexibility index (Phi) is 5.06. The van der Waals surface area contributed by atoms with E-state index in [0.29, 0.717) is 30.5 Å². The van der Waals surface area contributed by atoms with E-state index >= 15 is 0 Å². The third-order valence-corrected chi connectivity index (χ3v) is 7.34. The normalized spacial score (nSPS) is 28.9. The molecule has 1 aromatic carbocycles. The van der Waals surface area contributed by atoms with E-state index in [2.05, 4.69) is 48.1 Å². The van der Waals surface area contributed by atoms with E-state index in [-0.39, 0.29) is 5.56 Å². The Morgan fingerprint density at radius 1 is 1.03 bits per heavy atom. The summed E-state index contributed by atoms with van der Waals surface area (Å²) in [5.74, 6) is 1.06. The molecule has 160 valence electrons. The largest absolute Gasteiger partial charge is 0.388 e. The third kappa shape index (κ3) is 3.97. The highest BCUT2D eigenvalue weighted by molar-refractivity contribution is 5.25. The van der Waals surface area contributed by atoms with Crippen LogP contribution in [0.2, 0.25) is 0 Å². The van der Waals surface area contributed by atoms with Crippen molar-refractivity contribution in [3.63, 3.8) is 0 Å². The first-order valence-corrected chi connectivity index (χ1v) is 11.6. The zero-order valence-electron chi connectivity index (χ0n) is 18.1. The van der Waals surface area contributed by atoms with Crippen molar-refractivity contribution in [3.8, 4) is 0 Å². The van der Waals surface area contributed by atoms with Gasteiger partial charge in [-0.2, -0.15) is 5.10 Å². The molecule has 0 spiro atoms. The van der Waals surface area contributed by atoms with Gasteiger partial charge in [-0.05, 0) is 61.6 Å². The number of piperidine rings is 1. The van der Waals surface area contributed by atoms with Gasteiger partial charge in [0.1, 0.15) is 0 Å². The molecule has 5 heteroatoms. The van der Waals surface area contributed by atoms with Gasteiger partial charge in [0, 0.05) is 30.6 Å². The average Bonchev–Trinajstić information content (AvgIpc) is 3.52. The summed E-state index contributed by atoms with van der Waals surface area (Å²) < 4.78 is 1.52. The number of rotatable bonds is 6. The Hall–Kier alpha value is -1.98. The molecule has 0 amide bonds. The first-order valence-electron chi connectivity index (χ1n) is 11.6. The van der Waals surface area contributed by atoms with Crippen LogP contribution in [-0.2, 0) is 13.1 Å². The van der Waals surface area contributed by atoms with Crippen LogP contribution >= 0.6 is 0 Å². The fourth-order valence-corrected chi connectivity index (χ4v) is 5.47. The lowest BCUT2D eigenvalue weighted by Gasteiger charge is -2.43. The molecule has 2 saturated heterocycles. The van der Waals surface area contributed by atoms with Crippen LogP contribution in [0.25, 0.3) is 0 Å². The third-order valence-electron chi connectivity index (χ3n) is 7.34. The first kappa shape index (κ1) is 20.0. The number of hydrogen-bond acceptors (Lipinski definition) is 4. The van der Waals surface area contributed by atoms with Gasteiger partial charge in [-0.1, -0.05) is 38.1 Å². The van der Waals surface area contributed by atoms with Gasteiger partial charge in [-0.15, -0.1) is 0 Å². The Morgan fingerprint density at radius 2 is 1.70 bits per heavy atom. The summed E-state index contributed by atoms with van der Waals surface area (Å²) >= 11 is 0. The molecular formula is C25H33N3O2. The van der Waals surface area contributed by atoms with Gasteiger partial charge in [0.15, 0.2) is 0 Å². The number of aromatic nitrogens is 2. The van der Waals surface area contributed by atoms with Crippen LogP contribution in [0, 0.1) is 0 Å². The standard InChI is InChI=1S/C25H33N3O2/c1-17(2)19-5-3-18(4-6-19)15-27-21-9-10-22(27)14-25(30,13-21)16-28-24(29)12-11-23(26-28)20-7-8-20/h3-6,11-12,17,20-22,30H,7-10,13-16H2,1-2H3/t21-,22+,25?. The predicted molar refractivity (Wildman–Crippen MR) is 118 cm³/mol. The molecule has 1 aromatic heterocycles. The Bertz CT molecular complexity index is 947. The van der Waals surface area contributed by atoms with Crippen LogP contribution in [0.5, 0.6) is 0 Å². The molecule has 1 aliphatic carbocycles. The van der Waals surface area contributed by atoms with Gasteiger partial charge < -0.3 is 5.11 Å². The van der Waals surface area contributed by atoms with Gasteiger partial charge in [0.05, 0.1) is 17.8 Å². The molecule has 3 aliphatic rings. The second kappa shape index (κ2) is 7.61. The molecule has 1 N–H and O–H groups in total. The molecule has 1 unspecified atom stereocenters. The summed E-state index contributed by atoms with van der Waals surface area (Å²) in [7, 11) is 0. The van der Waals surface area contributed by atoms with Gasteiger partial charge >= 0.3 is 0 Å². The molecule has 2 bridgehead atoms. The lowest BCUT2D eigenvalue weighted by Crippen LogP contribution is -2.53. The Morgan fingerprint density at radius 3 is 2.30 bits per heavy atom. The maximum atomic E-state index is 12.4. The summed E-state index contributed by atoms with van der Waals surface area (Å²) in [5, 5.41) is 16.0. The highest BCUT2D eigenvalue weighted by Gasteiger charge is 2.47. The molecule has 3 atom stereocenters. The fraction of sp³-hybridized carbons (Fsp3) is 0.600. The summed E-state index contributed by atoms with van der Waals surface area (Å²) in [6.45, 7) is 5.71. The van der Waals surface area contributed by atoms with Crippen molar-refractivity contribution < 1.29 is 5.11 Å². The summed E-state index contributed by atoms with van der Waals surface area (Å²) in [5.41, 5.74) is 2.78. The number of aliphatic hydroxyl groups is 1. The van der Waals surface area contributed by atoms with E-state index in [1.807, 2.05) is 6.07 Å². The van der Waals surface area contributed by atoms with Crippen molar-refractivity contribution >= 4 is 0 Å². The Balaban J connectivity index is 1.29. The summed E-state index contributed by atoms with van der Waals surface area (Å²) in [4.78, 5) is 14.9. The molecule has 3 heterocycles. The molecule has 3 fully saturated rings. The van der Waals surface area contributed by atoms with E-state index in [9.17, 15) is 9.90 Å². The molecule has 0 radical (unpaired) electrons. The minimum atomic E-state index is -0.844. The molecule has 5 nitrogen and oxygen atoms in total. The van der Waals surface area contributed by atoms with Crippen molar-refractivity contribution in [1.82, 2.24) is 14.7 Å². The number of benzene rings is 1. The van der Waals surface area contributed by atoms with Crippen LogP contribution in [0.4, 0.5) is 0 Å². The molecule has 30 heavy (non-hydrogen) atoms. The molecule has 1 saturated carbocycles. The molecule has 2 aromatic rings. The lowest BCUT2D eigenvalue weighted by molar-refractivity contribution is -0.0678. The summed E-state index contributed by atoms with van der Waals surface area (Å²) in [6.07, 6.45) is 6.01. The number of hydrogen-bond donors (Lipinski definition) is 1. The monoisotopic (exact) mass is 407 g/mol. The minimum absolute atomic E-state index is 0.104. The van der Waals surface area contributed by atoms with Crippen molar-refractivity contribution in [3.05, 3.63) is 63.6 Å². The van der Waals surface area contributed by atoms with Gasteiger partial charge in [-0.3, -0.25) is 9.69 Å². The predicted octanol–water partition coefficient (Wildman–Crippen LogP) is 3.80. The lowest BCUT2D eigenvalue weighted by atomic mass is 9.85. The van der Waals surface area contributed by atoms with Crippen molar-refractivity contribution in [2.24, 2.45) is 0 Å². The quantitative estimate of drug-likeness (QED) is 0.791. The van der Waals surface area contributed by atoms with Crippen LogP contribution < -0.4 is 5.56 Å². The summed E-state index contributed by atoms with van der Waals surface area (Å²) in [6, 6.07) is 13.2. The zero-order chi connectivity index (χ0) is 20.9. The van der Waals surface area contributed by atoms with E-state index in [1.54, 1.807) is 6.07 Å². The van der Waals surface area contributed by atoms with Crippen LogP contribution in [0.15, 0.2) is 41.2 Å². The van der Waals surface area contributed by atoms with Gasteiger partial charge in [0.2, 0.25) is 0 Å². The second-order valence-corrected chi connectivity index (χ2v) is 10.1. The minimum Gasteiger partial charge on any atom is -0.388 e. The zero-order valence-corrected chi connectivity index (χ0v) is 18.1. The molecule has 5 rings (SSSR count). The van der Waals surface area contributed by atoms with E-state index in [0.717, 1.165) is 50.8 Å². The SMILES string of the molecule is CC(C)c1ccc(CN2[C@@H]3CC[C@H]2CC(O)(Cn2nc(C4CC4)ccc2=O)C3)cc1. The number of fused-ring (bicyclic) bond motifs is 2. The Labute approximate surface area is 178 Å². The van der Waals surface area contributed by atoms with Gasteiger partial charge in [-0.25, -0.2) is 4.68 Å². The van der Waals surface area contributed by atoms with E-state index < -0.39 is 5.60 Å². The molecule has 2 aliphatic heterocycles. The van der Waals surface area contributed by atoms with Gasteiger partial charge in [0.25, 0.3) is 5.56 Å². The topological polar surface area (TPSA) is 58.4 Å². The molecular weight excluding hydrogens is 374 g/mol. The first-order chi connectivity index (χ1) is 14.4. The van der Waals surface area contributed by atoms with Crippen LogP contribution in [0.3, 0.4) is 0 Å². The van der Waals surface area contributed by atoms with Crippen molar-refractivity contribution in [2.75, 3.05) is 0 Å². The number of nitrogens with zero attached hydrogens (tertiary/aromatic N) is 3.